The number of carbonyl (C=O) groups excluding carboxylic acids is 1. The number of halogens is 1. The molecule has 2 N–H and O–H groups in total. The van der Waals surface area contributed by atoms with Crippen LogP contribution in [-0.2, 0) is 4.79 Å². The first-order chi connectivity index (χ1) is 7.08. The standard InChI is InChI=1S/C11H22IN3O/c1-10(2,3)9(16)8(7-13-15-12)14-11(4,5)6/h7-8,14-15H,1-6H3/b13-7+. The van der Waals surface area contributed by atoms with Gasteiger partial charge in [0.15, 0.2) is 5.78 Å². The third-order valence-corrected chi connectivity index (χ3v) is 2.16. The molecule has 0 bridgehead atoms. The Kier molecular flexibility index (Phi) is 5.89. The van der Waals surface area contributed by atoms with E-state index in [-0.39, 0.29) is 22.8 Å². The van der Waals surface area contributed by atoms with Crippen LogP contribution in [0.15, 0.2) is 5.10 Å². The van der Waals surface area contributed by atoms with Gasteiger partial charge in [0.1, 0.15) is 6.04 Å². The monoisotopic (exact) mass is 339 g/mol. The molecule has 1 unspecified atom stereocenters. The number of carbonyl (C=O) groups is 1. The van der Waals surface area contributed by atoms with Gasteiger partial charge in [0, 0.05) is 17.2 Å². The third kappa shape index (κ3) is 6.42. The fourth-order valence-electron chi connectivity index (χ4n) is 1.21. The fourth-order valence-corrected chi connectivity index (χ4v) is 1.37. The van der Waals surface area contributed by atoms with Crippen LogP contribution < -0.4 is 8.96 Å². The van der Waals surface area contributed by atoms with Crippen LogP contribution in [-0.4, -0.2) is 23.6 Å². The maximum Gasteiger partial charge on any atom is 0.160 e. The van der Waals surface area contributed by atoms with Crippen LogP contribution in [0.5, 0.6) is 0 Å². The van der Waals surface area contributed by atoms with Crippen molar-refractivity contribution in [3.05, 3.63) is 0 Å². The predicted molar refractivity (Wildman–Crippen MR) is 76.8 cm³/mol. The second-order valence-corrected chi connectivity index (χ2v) is 6.33. The molecule has 0 rings (SSSR count). The number of hydrazone groups is 1. The average molecular weight is 339 g/mol. The molecule has 0 heterocycles. The van der Waals surface area contributed by atoms with Gasteiger partial charge < -0.3 is 0 Å². The van der Waals surface area contributed by atoms with E-state index in [1.807, 2.05) is 64.4 Å². The Morgan fingerprint density at radius 2 is 1.75 bits per heavy atom. The minimum Gasteiger partial charge on any atom is -0.298 e. The van der Waals surface area contributed by atoms with Crippen molar-refractivity contribution in [3.63, 3.8) is 0 Å². The first kappa shape index (κ1) is 15.8. The van der Waals surface area contributed by atoms with Gasteiger partial charge in [0.25, 0.3) is 0 Å². The largest absolute Gasteiger partial charge is 0.298 e. The summed E-state index contributed by atoms with van der Waals surface area (Å²) in [6, 6.07) is -0.359. The lowest BCUT2D eigenvalue weighted by Crippen LogP contribution is -2.51. The summed E-state index contributed by atoms with van der Waals surface area (Å²) in [7, 11) is 0. The van der Waals surface area contributed by atoms with Crippen molar-refractivity contribution in [1.29, 1.82) is 0 Å². The Labute approximate surface area is 112 Å². The molecule has 0 aromatic rings. The van der Waals surface area contributed by atoms with Gasteiger partial charge in [-0.25, -0.2) is 3.64 Å². The fraction of sp³-hybridized carbons (Fsp3) is 0.818. The quantitative estimate of drug-likeness (QED) is 0.358. The van der Waals surface area contributed by atoms with Gasteiger partial charge in [-0.05, 0) is 20.8 Å². The summed E-state index contributed by atoms with van der Waals surface area (Å²) in [4.78, 5) is 12.2. The molecule has 4 nitrogen and oxygen atoms in total. The number of rotatable bonds is 4. The summed E-state index contributed by atoms with van der Waals surface area (Å²) >= 11 is 1.92. The summed E-state index contributed by atoms with van der Waals surface area (Å²) in [5.74, 6) is 0.137. The van der Waals surface area contributed by atoms with E-state index < -0.39 is 0 Å². The third-order valence-electron chi connectivity index (χ3n) is 1.88. The van der Waals surface area contributed by atoms with Crippen LogP contribution in [0.2, 0.25) is 0 Å². The van der Waals surface area contributed by atoms with Gasteiger partial charge in [-0.1, -0.05) is 20.8 Å². The van der Waals surface area contributed by atoms with Crippen LogP contribution in [0.1, 0.15) is 41.5 Å². The molecule has 0 aromatic heterocycles. The van der Waals surface area contributed by atoms with Crippen molar-refractivity contribution in [1.82, 2.24) is 8.96 Å². The number of nitrogens with zero attached hydrogens (tertiary/aromatic N) is 1. The molecule has 0 aliphatic carbocycles. The van der Waals surface area contributed by atoms with Crippen molar-refractivity contribution >= 4 is 34.9 Å². The Morgan fingerprint density at radius 3 is 2.06 bits per heavy atom. The zero-order valence-electron chi connectivity index (χ0n) is 10.9. The molecule has 1 atom stereocenters. The van der Waals surface area contributed by atoms with Gasteiger partial charge in [-0.3, -0.25) is 10.1 Å². The maximum atomic E-state index is 12.2. The van der Waals surface area contributed by atoms with Crippen molar-refractivity contribution in [2.45, 2.75) is 53.1 Å². The van der Waals surface area contributed by atoms with E-state index in [1.165, 1.54) is 0 Å². The van der Waals surface area contributed by atoms with Crippen LogP contribution in [0.4, 0.5) is 0 Å². The van der Waals surface area contributed by atoms with Crippen LogP contribution in [0, 0.1) is 5.41 Å². The van der Waals surface area contributed by atoms with Gasteiger partial charge in [0.2, 0.25) is 0 Å². The molecule has 0 amide bonds. The van der Waals surface area contributed by atoms with Gasteiger partial charge in [-0.15, -0.1) is 0 Å². The topological polar surface area (TPSA) is 53.5 Å². The zero-order chi connectivity index (χ0) is 13.0. The molecule has 0 aliphatic heterocycles. The van der Waals surface area contributed by atoms with Crippen LogP contribution in [0.3, 0.4) is 0 Å². The Bertz CT molecular complexity index is 263. The maximum absolute atomic E-state index is 12.2. The van der Waals surface area contributed by atoms with E-state index in [4.69, 9.17) is 0 Å². The molecular weight excluding hydrogens is 317 g/mol. The van der Waals surface area contributed by atoms with Crippen molar-refractivity contribution in [3.8, 4) is 0 Å². The first-order valence-electron chi connectivity index (χ1n) is 5.29. The number of hydrogen-bond acceptors (Lipinski definition) is 4. The number of nitrogens with one attached hydrogen (secondary N) is 2. The molecule has 0 aromatic carbocycles. The van der Waals surface area contributed by atoms with Crippen molar-refractivity contribution in [2.24, 2.45) is 10.5 Å². The van der Waals surface area contributed by atoms with E-state index in [2.05, 4.69) is 14.1 Å². The molecule has 0 spiro atoms. The zero-order valence-corrected chi connectivity index (χ0v) is 13.0. The predicted octanol–water partition coefficient (Wildman–Crippen LogP) is 2.28. The SMILES string of the molecule is CC(C)(C)NC(/C=N/NI)C(=O)C(C)(C)C. The van der Waals surface area contributed by atoms with E-state index in [9.17, 15) is 4.79 Å². The number of hydrogen-bond donors (Lipinski definition) is 2. The minimum absolute atomic E-state index is 0.122. The van der Waals surface area contributed by atoms with E-state index in [1.54, 1.807) is 6.21 Å². The Morgan fingerprint density at radius 1 is 1.25 bits per heavy atom. The van der Waals surface area contributed by atoms with E-state index >= 15 is 0 Å². The van der Waals surface area contributed by atoms with Gasteiger partial charge in [-0.2, -0.15) is 5.10 Å². The lowest BCUT2D eigenvalue weighted by atomic mass is 9.86. The molecule has 16 heavy (non-hydrogen) atoms. The normalized spacial score (nSPS) is 15.2. The first-order valence-corrected chi connectivity index (χ1v) is 6.36. The number of Topliss-reactive ketones (excluding diaryl/α,β-unsaturated/α-hetero) is 1. The van der Waals surface area contributed by atoms with E-state index in [0.717, 1.165) is 0 Å². The van der Waals surface area contributed by atoms with Crippen LogP contribution in [0.25, 0.3) is 0 Å². The summed E-state index contributed by atoms with van der Waals surface area (Å²) in [5.41, 5.74) is -0.497. The average Bonchev–Trinajstić information content (AvgIpc) is 2.07. The summed E-state index contributed by atoms with van der Waals surface area (Å²) in [6.07, 6.45) is 1.62. The highest BCUT2D eigenvalue weighted by Gasteiger charge is 2.30. The Hall–Kier alpha value is -0.170. The second-order valence-electron chi connectivity index (χ2n) is 5.85. The summed E-state index contributed by atoms with van der Waals surface area (Å²) < 4.78 is 2.64. The van der Waals surface area contributed by atoms with Crippen LogP contribution >= 0.6 is 22.9 Å². The molecule has 94 valence electrons. The molecule has 0 saturated heterocycles. The summed E-state index contributed by atoms with van der Waals surface area (Å²) in [5, 5.41) is 7.17. The molecule has 0 radical (unpaired) electrons. The lowest BCUT2D eigenvalue weighted by Gasteiger charge is -2.29. The van der Waals surface area contributed by atoms with Gasteiger partial charge in [0.05, 0.1) is 22.9 Å². The lowest BCUT2D eigenvalue weighted by molar-refractivity contribution is -0.127. The summed E-state index contributed by atoms with van der Waals surface area (Å²) in [6.45, 7) is 11.8. The van der Waals surface area contributed by atoms with Crippen molar-refractivity contribution < 1.29 is 4.79 Å². The van der Waals surface area contributed by atoms with Gasteiger partial charge >= 0.3 is 0 Å². The highest BCUT2D eigenvalue weighted by Crippen LogP contribution is 2.17. The molecule has 5 heteroatoms. The van der Waals surface area contributed by atoms with E-state index in [0.29, 0.717) is 0 Å². The molecule has 0 aliphatic rings. The smallest absolute Gasteiger partial charge is 0.160 e. The second kappa shape index (κ2) is 5.95. The molecular formula is C11H22IN3O. The van der Waals surface area contributed by atoms with Crippen molar-refractivity contribution in [2.75, 3.05) is 0 Å². The molecule has 0 fully saturated rings. The Balaban J connectivity index is 4.82. The minimum atomic E-state index is -0.375. The molecule has 0 saturated carbocycles. The number of ketones is 1. The highest BCUT2D eigenvalue weighted by atomic mass is 127. The highest BCUT2D eigenvalue weighted by molar-refractivity contribution is 14.1.